The number of sulfonamides is 1. The zero-order valence-corrected chi connectivity index (χ0v) is 18.0. The van der Waals surface area contributed by atoms with E-state index in [1.165, 1.54) is 0 Å². The van der Waals surface area contributed by atoms with Crippen LogP contribution >= 0.6 is 0 Å². The van der Waals surface area contributed by atoms with Gasteiger partial charge in [0.2, 0.25) is 0 Å². The van der Waals surface area contributed by atoms with E-state index < -0.39 is 10.0 Å². The molecule has 1 heterocycles. The van der Waals surface area contributed by atoms with Crippen molar-refractivity contribution in [2.24, 2.45) is 13.0 Å². The summed E-state index contributed by atoms with van der Waals surface area (Å²) in [6.45, 7) is 8.30. The zero-order valence-electron chi connectivity index (χ0n) is 17.2. The lowest BCUT2D eigenvalue weighted by molar-refractivity contribution is 0.590. The average molecular weight is 397 g/mol. The normalized spacial score (nSPS) is 12.7. The van der Waals surface area contributed by atoms with Crippen LogP contribution < -0.4 is 4.72 Å². The molecule has 1 N–H and O–H groups in total. The van der Waals surface area contributed by atoms with Crippen molar-refractivity contribution in [2.45, 2.75) is 39.0 Å². The smallest absolute Gasteiger partial charge is 0.261 e. The molecule has 3 rings (SSSR count). The van der Waals surface area contributed by atoms with Crippen molar-refractivity contribution in [2.75, 3.05) is 0 Å². The van der Waals surface area contributed by atoms with Gasteiger partial charge < -0.3 is 4.57 Å². The maximum absolute atomic E-state index is 12.8. The first-order valence-electron chi connectivity index (χ1n) is 9.53. The largest absolute Gasteiger partial charge is 0.347 e. The van der Waals surface area contributed by atoms with Crippen LogP contribution in [0.25, 0.3) is 16.5 Å². The highest BCUT2D eigenvalue weighted by molar-refractivity contribution is 7.89. The van der Waals surface area contributed by atoms with E-state index in [1.807, 2.05) is 38.2 Å². The highest BCUT2D eigenvalue weighted by Crippen LogP contribution is 2.33. The SMILES string of the molecule is Cc1ccc(S(=O)(=O)N/C=C(/CC(C)C)c2c(C)n(C)c3ccccc23)cc1. The average Bonchev–Trinajstić information content (AvgIpc) is 2.90. The second kappa shape index (κ2) is 7.84. The minimum atomic E-state index is -3.61. The molecule has 0 saturated carbocycles. The fourth-order valence-electron chi connectivity index (χ4n) is 3.53. The van der Waals surface area contributed by atoms with Gasteiger partial charge in [-0.05, 0) is 50.0 Å². The number of benzene rings is 2. The Morgan fingerprint density at radius 1 is 1.07 bits per heavy atom. The summed E-state index contributed by atoms with van der Waals surface area (Å²) in [5.74, 6) is 0.397. The van der Waals surface area contributed by atoms with E-state index in [0.29, 0.717) is 5.92 Å². The Bertz CT molecular complexity index is 1120. The summed E-state index contributed by atoms with van der Waals surface area (Å²) in [5.41, 5.74) is 5.41. The maximum Gasteiger partial charge on any atom is 0.261 e. The quantitative estimate of drug-likeness (QED) is 0.626. The van der Waals surface area contributed by atoms with Gasteiger partial charge in [-0.25, -0.2) is 8.42 Å². The number of aryl methyl sites for hydroxylation is 2. The van der Waals surface area contributed by atoms with Crippen molar-refractivity contribution in [3.05, 3.63) is 71.6 Å². The van der Waals surface area contributed by atoms with E-state index in [9.17, 15) is 8.42 Å². The minimum absolute atomic E-state index is 0.271. The molecule has 0 aliphatic heterocycles. The second-order valence-electron chi connectivity index (χ2n) is 7.74. The topological polar surface area (TPSA) is 51.1 Å². The molecule has 0 amide bonds. The van der Waals surface area contributed by atoms with Gasteiger partial charge in [-0.2, -0.15) is 0 Å². The van der Waals surface area contributed by atoms with E-state index in [4.69, 9.17) is 0 Å². The summed E-state index contributed by atoms with van der Waals surface area (Å²) in [4.78, 5) is 0.271. The lowest BCUT2D eigenvalue weighted by Crippen LogP contribution is -2.18. The number of hydrogen-bond donors (Lipinski definition) is 1. The molecular formula is C23H28N2O2S. The van der Waals surface area contributed by atoms with Crippen molar-refractivity contribution >= 4 is 26.5 Å². The lowest BCUT2D eigenvalue weighted by atomic mass is 9.95. The first-order valence-corrected chi connectivity index (χ1v) is 11.0. The summed E-state index contributed by atoms with van der Waals surface area (Å²) < 4.78 is 30.4. The summed E-state index contributed by atoms with van der Waals surface area (Å²) in [5, 5.41) is 1.14. The van der Waals surface area contributed by atoms with E-state index in [1.54, 1.807) is 18.3 Å². The molecule has 0 fully saturated rings. The Kier molecular flexibility index (Phi) is 5.66. The monoisotopic (exact) mass is 396 g/mol. The first-order chi connectivity index (χ1) is 13.2. The van der Waals surface area contributed by atoms with Gasteiger partial charge in [0, 0.05) is 35.4 Å². The van der Waals surface area contributed by atoms with E-state index >= 15 is 0 Å². The molecule has 0 bridgehead atoms. The molecule has 0 aliphatic rings. The molecule has 1 aromatic heterocycles. The number of nitrogens with zero attached hydrogens (tertiary/aromatic N) is 1. The van der Waals surface area contributed by atoms with E-state index in [2.05, 4.69) is 42.2 Å². The highest BCUT2D eigenvalue weighted by Gasteiger charge is 2.18. The molecule has 3 aromatic rings. The maximum atomic E-state index is 12.8. The Balaban J connectivity index is 2.07. The number of fused-ring (bicyclic) bond motifs is 1. The van der Waals surface area contributed by atoms with Crippen LogP contribution in [0.4, 0.5) is 0 Å². The summed E-state index contributed by atoms with van der Waals surface area (Å²) in [6, 6.07) is 15.1. The minimum Gasteiger partial charge on any atom is -0.347 e. The molecule has 148 valence electrons. The number of rotatable bonds is 6. The molecule has 0 unspecified atom stereocenters. The van der Waals surface area contributed by atoms with Crippen molar-refractivity contribution in [1.29, 1.82) is 0 Å². The third kappa shape index (κ3) is 3.99. The summed E-state index contributed by atoms with van der Waals surface area (Å²) >= 11 is 0. The molecule has 28 heavy (non-hydrogen) atoms. The van der Waals surface area contributed by atoms with Gasteiger partial charge in [-0.3, -0.25) is 4.72 Å². The van der Waals surface area contributed by atoms with E-state index in [-0.39, 0.29) is 4.90 Å². The lowest BCUT2D eigenvalue weighted by Gasteiger charge is -2.13. The van der Waals surface area contributed by atoms with Crippen molar-refractivity contribution in [1.82, 2.24) is 9.29 Å². The number of hydrogen-bond acceptors (Lipinski definition) is 2. The van der Waals surface area contributed by atoms with Crippen LogP contribution in [0.3, 0.4) is 0 Å². The first kappa shape index (κ1) is 20.2. The fourth-order valence-corrected chi connectivity index (χ4v) is 4.46. The van der Waals surface area contributed by atoms with Crippen molar-refractivity contribution in [3.8, 4) is 0 Å². The van der Waals surface area contributed by atoms with Crippen LogP contribution in [0.2, 0.25) is 0 Å². The van der Waals surface area contributed by atoms with Gasteiger partial charge in [0.15, 0.2) is 0 Å². The molecule has 0 spiro atoms. The van der Waals surface area contributed by atoms with Crippen LogP contribution in [0.15, 0.2) is 59.6 Å². The number of para-hydroxylation sites is 1. The summed E-state index contributed by atoms with van der Waals surface area (Å²) in [7, 11) is -1.56. The molecule has 0 aliphatic carbocycles. The fraction of sp³-hybridized carbons (Fsp3) is 0.304. The molecule has 4 nitrogen and oxygen atoms in total. The van der Waals surface area contributed by atoms with Gasteiger partial charge in [0.25, 0.3) is 10.0 Å². The predicted octanol–water partition coefficient (Wildman–Crippen LogP) is 5.16. The van der Waals surface area contributed by atoms with Crippen LogP contribution in [0, 0.1) is 19.8 Å². The van der Waals surface area contributed by atoms with Crippen LogP contribution in [0.1, 0.15) is 37.1 Å². The van der Waals surface area contributed by atoms with Gasteiger partial charge in [-0.15, -0.1) is 0 Å². The van der Waals surface area contributed by atoms with Gasteiger partial charge >= 0.3 is 0 Å². The standard InChI is InChI=1S/C23H28N2O2S/c1-16(2)14-19(15-24-28(26,27)20-12-10-17(3)11-13-20)23-18(4)25(5)22-9-7-6-8-21(22)23/h6-13,15-16,24H,14H2,1-5H3/b19-15-. The molecule has 2 aromatic carbocycles. The van der Waals surface area contributed by atoms with Crippen LogP contribution in [-0.4, -0.2) is 13.0 Å². The van der Waals surface area contributed by atoms with Crippen LogP contribution in [-0.2, 0) is 17.1 Å². The predicted molar refractivity (Wildman–Crippen MR) is 117 cm³/mol. The zero-order chi connectivity index (χ0) is 20.5. The molecule has 0 atom stereocenters. The van der Waals surface area contributed by atoms with Gasteiger partial charge in [-0.1, -0.05) is 49.7 Å². The summed E-state index contributed by atoms with van der Waals surface area (Å²) in [6.07, 6.45) is 2.45. The molecule has 0 radical (unpaired) electrons. The Morgan fingerprint density at radius 2 is 1.71 bits per heavy atom. The van der Waals surface area contributed by atoms with Crippen molar-refractivity contribution in [3.63, 3.8) is 0 Å². The Labute approximate surface area is 167 Å². The number of nitrogens with one attached hydrogen (secondary N) is 1. The Hall–Kier alpha value is -2.53. The molecule has 0 saturated heterocycles. The third-order valence-corrected chi connectivity index (χ3v) is 6.39. The third-order valence-electron chi connectivity index (χ3n) is 5.07. The molecular weight excluding hydrogens is 368 g/mol. The Morgan fingerprint density at radius 3 is 2.36 bits per heavy atom. The second-order valence-corrected chi connectivity index (χ2v) is 9.45. The van der Waals surface area contributed by atoms with Crippen LogP contribution in [0.5, 0.6) is 0 Å². The van der Waals surface area contributed by atoms with Gasteiger partial charge in [0.1, 0.15) is 0 Å². The van der Waals surface area contributed by atoms with Gasteiger partial charge in [0.05, 0.1) is 4.90 Å². The molecule has 5 heteroatoms. The van der Waals surface area contributed by atoms with Crippen molar-refractivity contribution < 1.29 is 8.42 Å². The number of allylic oxidation sites excluding steroid dienone is 1. The number of aromatic nitrogens is 1. The highest BCUT2D eigenvalue weighted by atomic mass is 32.2. The van der Waals surface area contributed by atoms with E-state index in [0.717, 1.165) is 39.7 Å².